The molecule has 0 aromatic carbocycles. The minimum absolute atomic E-state index is 0.0321. The first kappa shape index (κ1) is 11.1. The van der Waals surface area contributed by atoms with Crippen molar-refractivity contribution in [3.8, 4) is 0 Å². The third-order valence-electron chi connectivity index (χ3n) is 3.02. The summed E-state index contributed by atoms with van der Waals surface area (Å²) >= 11 is 0. The van der Waals surface area contributed by atoms with E-state index in [-0.39, 0.29) is 11.9 Å². The van der Waals surface area contributed by atoms with Gasteiger partial charge in [-0.25, -0.2) is 0 Å². The lowest BCUT2D eigenvalue weighted by atomic mass is 10.3. The lowest BCUT2D eigenvalue weighted by Crippen LogP contribution is -2.36. The van der Waals surface area contributed by atoms with Crippen molar-refractivity contribution in [3.63, 3.8) is 0 Å². The average Bonchev–Trinajstić information content (AvgIpc) is 2.90. The van der Waals surface area contributed by atoms with Gasteiger partial charge in [0.25, 0.3) is 0 Å². The van der Waals surface area contributed by atoms with Crippen molar-refractivity contribution in [2.45, 2.75) is 25.4 Å². The highest BCUT2D eigenvalue weighted by atomic mass is 16.2. The van der Waals surface area contributed by atoms with Crippen LogP contribution in [0.5, 0.6) is 0 Å². The highest BCUT2D eigenvalue weighted by Gasteiger charge is 2.29. The van der Waals surface area contributed by atoms with Crippen LogP contribution < -0.4 is 5.32 Å². The Kier molecular flexibility index (Phi) is 3.56. The third-order valence-corrected chi connectivity index (χ3v) is 3.02. The number of amides is 1. The Morgan fingerprint density at radius 3 is 3.06 bits per heavy atom. The largest absolute Gasteiger partial charge is 0.341 e. The topological polar surface area (TPSA) is 50.2 Å². The van der Waals surface area contributed by atoms with Crippen LogP contribution in [0.25, 0.3) is 0 Å². The van der Waals surface area contributed by atoms with Crippen molar-refractivity contribution in [1.82, 2.24) is 20.0 Å². The molecule has 0 spiro atoms. The summed E-state index contributed by atoms with van der Waals surface area (Å²) in [6.07, 6.45) is 5.61. The Bertz CT molecular complexity index is 336. The van der Waals surface area contributed by atoms with E-state index in [9.17, 15) is 4.79 Å². The number of aryl methyl sites for hydroxylation is 1. The van der Waals surface area contributed by atoms with Gasteiger partial charge >= 0.3 is 0 Å². The molecule has 1 atom stereocenters. The molecule has 2 heterocycles. The van der Waals surface area contributed by atoms with E-state index >= 15 is 0 Å². The fraction of sp³-hybridized carbons (Fsp3) is 0.636. The fourth-order valence-electron chi connectivity index (χ4n) is 2.09. The van der Waals surface area contributed by atoms with E-state index in [2.05, 4.69) is 10.4 Å². The summed E-state index contributed by atoms with van der Waals surface area (Å²) in [6, 6.07) is 1.95. The van der Waals surface area contributed by atoms with E-state index in [0.29, 0.717) is 0 Å². The molecule has 5 heteroatoms. The number of nitrogens with one attached hydrogen (secondary N) is 1. The second-order valence-electron chi connectivity index (χ2n) is 4.08. The fourth-order valence-corrected chi connectivity index (χ4v) is 2.09. The van der Waals surface area contributed by atoms with Gasteiger partial charge in [-0.2, -0.15) is 5.10 Å². The van der Waals surface area contributed by atoms with Crippen molar-refractivity contribution in [2.75, 3.05) is 20.1 Å². The minimum Gasteiger partial charge on any atom is -0.341 e. The zero-order valence-corrected chi connectivity index (χ0v) is 9.59. The molecule has 1 N–H and O–H groups in total. The van der Waals surface area contributed by atoms with Crippen LogP contribution in [0.2, 0.25) is 0 Å². The van der Waals surface area contributed by atoms with Gasteiger partial charge in [-0.15, -0.1) is 0 Å². The van der Waals surface area contributed by atoms with Crippen LogP contribution in [0.1, 0.15) is 12.8 Å². The number of rotatable bonds is 5. The smallest absolute Gasteiger partial charge is 0.239 e. The van der Waals surface area contributed by atoms with E-state index in [1.54, 1.807) is 6.20 Å². The molecule has 88 valence electrons. The number of aromatic nitrogens is 2. The Balaban J connectivity index is 1.73. The van der Waals surface area contributed by atoms with Gasteiger partial charge in [-0.1, -0.05) is 0 Å². The number of likely N-dealkylation sites (tertiary alicyclic amines) is 1. The molecule has 0 saturated carbocycles. The van der Waals surface area contributed by atoms with Gasteiger partial charge in [0.05, 0.1) is 6.04 Å². The van der Waals surface area contributed by atoms with Gasteiger partial charge in [0.1, 0.15) is 0 Å². The van der Waals surface area contributed by atoms with Crippen molar-refractivity contribution < 1.29 is 4.79 Å². The zero-order valence-electron chi connectivity index (χ0n) is 9.59. The molecular formula is C11H18N4O. The summed E-state index contributed by atoms with van der Waals surface area (Å²) in [4.78, 5) is 13.7. The van der Waals surface area contributed by atoms with E-state index in [1.165, 1.54) is 0 Å². The van der Waals surface area contributed by atoms with Crippen LogP contribution in [-0.4, -0.2) is 46.8 Å². The summed E-state index contributed by atoms with van der Waals surface area (Å²) < 4.78 is 1.90. The first-order valence-corrected chi connectivity index (χ1v) is 5.75. The van der Waals surface area contributed by atoms with Crippen LogP contribution in [-0.2, 0) is 11.3 Å². The Hall–Kier alpha value is -1.36. The predicted molar refractivity (Wildman–Crippen MR) is 60.9 cm³/mol. The van der Waals surface area contributed by atoms with Gasteiger partial charge in [0.15, 0.2) is 0 Å². The monoisotopic (exact) mass is 222 g/mol. The van der Waals surface area contributed by atoms with Crippen LogP contribution in [0.3, 0.4) is 0 Å². The molecule has 1 fully saturated rings. The molecule has 0 bridgehead atoms. The molecule has 1 aliphatic heterocycles. The second kappa shape index (κ2) is 5.12. The molecule has 0 radical (unpaired) electrons. The lowest BCUT2D eigenvalue weighted by molar-refractivity contribution is -0.129. The van der Waals surface area contributed by atoms with Crippen LogP contribution in [0.15, 0.2) is 18.5 Å². The Labute approximate surface area is 95.4 Å². The van der Waals surface area contributed by atoms with Gasteiger partial charge < -0.3 is 10.2 Å². The number of carbonyl (C=O) groups is 1. The molecule has 1 saturated heterocycles. The van der Waals surface area contributed by atoms with E-state index in [4.69, 9.17) is 0 Å². The Morgan fingerprint density at radius 2 is 2.44 bits per heavy atom. The molecule has 2 rings (SSSR count). The lowest BCUT2D eigenvalue weighted by Gasteiger charge is -2.16. The van der Waals surface area contributed by atoms with E-state index in [1.807, 2.05) is 28.9 Å². The van der Waals surface area contributed by atoms with Crippen LogP contribution in [0, 0.1) is 0 Å². The quantitative estimate of drug-likeness (QED) is 0.768. The van der Waals surface area contributed by atoms with Crippen molar-refractivity contribution in [3.05, 3.63) is 18.5 Å². The van der Waals surface area contributed by atoms with Gasteiger partial charge in [0.2, 0.25) is 5.91 Å². The molecular weight excluding hydrogens is 204 g/mol. The standard InChI is InChI=1S/C11H18N4O/c1-12-10-4-9-14(11(10)16)6-3-8-15-7-2-5-13-15/h2,5,7,10,12H,3-4,6,8-9H2,1H3. The third kappa shape index (κ3) is 2.41. The molecule has 16 heavy (non-hydrogen) atoms. The average molecular weight is 222 g/mol. The molecule has 1 amide bonds. The van der Waals surface area contributed by atoms with Gasteiger partial charge in [-0.3, -0.25) is 9.48 Å². The van der Waals surface area contributed by atoms with Crippen LogP contribution >= 0.6 is 0 Å². The van der Waals surface area contributed by atoms with Gasteiger partial charge in [0, 0.05) is 32.0 Å². The first-order chi connectivity index (χ1) is 7.81. The first-order valence-electron chi connectivity index (χ1n) is 5.75. The van der Waals surface area contributed by atoms with E-state index < -0.39 is 0 Å². The number of likely N-dealkylation sites (N-methyl/N-ethyl adjacent to an activating group) is 1. The normalized spacial score (nSPS) is 20.7. The molecule has 1 aromatic rings. The minimum atomic E-state index is 0.0321. The van der Waals surface area contributed by atoms with E-state index in [0.717, 1.165) is 32.5 Å². The summed E-state index contributed by atoms with van der Waals surface area (Å²) in [6.45, 7) is 2.58. The Morgan fingerprint density at radius 1 is 1.56 bits per heavy atom. The summed E-state index contributed by atoms with van der Waals surface area (Å²) in [7, 11) is 1.84. The molecule has 0 aliphatic carbocycles. The molecule has 1 unspecified atom stereocenters. The molecule has 1 aliphatic rings. The highest BCUT2D eigenvalue weighted by molar-refractivity contribution is 5.83. The SMILES string of the molecule is CNC1CCN(CCCn2cccn2)C1=O. The van der Waals surface area contributed by atoms with Crippen molar-refractivity contribution in [1.29, 1.82) is 0 Å². The molecule has 5 nitrogen and oxygen atoms in total. The number of carbonyl (C=O) groups excluding carboxylic acids is 1. The summed E-state index contributed by atoms with van der Waals surface area (Å²) in [5.41, 5.74) is 0. The highest BCUT2D eigenvalue weighted by Crippen LogP contribution is 2.11. The summed E-state index contributed by atoms with van der Waals surface area (Å²) in [5, 5.41) is 7.17. The molecule has 1 aromatic heterocycles. The number of hydrogen-bond acceptors (Lipinski definition) is 3. The number of nitrogens with zero attached hydrogens (tertiary/aromatic N) is 3. The maximum atomic E-state index is 11.8. The second-order valence-corrected chi connectivity index (χ2v) is 4.08. The number of hydrogen-bond donors (Lipinski definition) is 1. The van der Waals surface area contributed by atoms with Crippen molar-refractivity contribution in [2.24, 2.45) is 0 Å². The van der Waals surface area contributed by atoms with Crippen LogP contribution in [0.4, 0.5) is 0 Å². The maximum Gasteiger partial charge on any atom is 0.239 e. The predicted octanol–water partition coefficient (Wildman–Crippen LogP) is 0.0935. The maximum absolute atomic E-state index is 11.8. The van der Waals surface area contributed by atoms with Crippen molar-refractivity contribution >= 4 is 5.91 Å². The summed E-state index contributed by atoms with van der Waals surface area (Å²) in [5.74, 6) is 0.239. The zero-order chi connectivity index (χ0) is 11.4. The van der Waals surface area contributed by atoms with Gasteiger partial charge in [-0.05, 0) is 26.0 Å².